The largest absolute Gasteiger partial charge is 0.497 e. The van der Waals surface area contributed by atoms with E-state index in [1.807, 2.05) is 0 Å². The first-order valence-electron chi connectivity index (χ1n) is 5.88. The molecule has 3 aromatic rings. The fourth-order valence-corrected chi connectivity index (χ4v) is 3.50. The van der Waals surface area contributed by atoms with Gasteiger partial charge in [0.25, 0.3) is 0 Å². The van der Waals surface area contributed by atoms with Crippen molar-refractivity contribution in [2.24, 2.45) is 0 Å². The van der Waals surface area contributed by atoms with Gasteiger partial charge in [-0.15, -0.1) is 10.2 Å². The fraction of sp³-hybridized carbons (Fsp3) is 0.182. The van der Waals surface area contributed by atoms with Gasteiger partial charge in [0, 0.05) is 0 Å². The van der Waals surface area contributed by atoms with Crippen molar-refractivity contribution >= 4 is 26.3 Å². The summed E-state index contributed by atoms with van der Waals surface area (Å²) in [6, 6.07) is 6.16. The third-order valence-corrected chi connectivity index (χ3v) is 5.04. The van der Waals surface area contributed by atoms with Gasteiger partial charge in [0.2, 0.25) is 15.0 Å². The molecule has 0 bridgehead atoms. The van der Waals surface area contributed by atoms with Gasteiger partial charge in [-0.05, 0) is 24.3 Å². The van der Waals surface area contributed by atoms with Crippen LogP contribution >= 0.6 is 11.3 Å². The molecule has 0 fully saturated rings. The minimum Gasteiger partial charge on any atom is -0.497 e. The Morgan fingerprint density at radius 2 is 2.10 bits per heavy atom. The number of sulfonamides is 1. The zero-order chi connectivity index (χ0) is 14.9. The van der Waals surface area contributed by atoms with Gasteiger partial charge in [0.15, 0.2) is 0 Å². The Bertz CT molecular complexity index is 825. The van der Waals surface area contributed by atoms with Crippen LogP contribution < -0.4 is 9.46 Å². The first-order valence-corrected chi connectivity index (χ1v) is 8.18. The Labute approximate surface area is 124 Å². The minimum atomic E-state index is -3.59. The molecule has 3 rings (SSSR count). The summed E-state index contributed by atoms with van der Waals surface area (Å²) < 4.78 is 33.3. The lowest BCUT2D eigenvalue weighted by Gasteiger charge is -2.06. The molecule has 21 heavy (non-hydrogen) atoms. The number of ether oxygens (including phenoxy) is 1. The molecular weight excluding hydrogens is 314 g/mol. The summed E-state index contributed by atoms with van der Waals surface area (Å²) in [5.74, 6) is 0.600. The van der Waals surface area contributed by atoms with Gasteiger partial charge >= 0.3 is 0 Å². The average Bonchev–Trinajstić information content (AvgIpc) is 3.06. The number of methoxy groups -OCH3 is 1. The molecule has 0 unspecified atom stereocenters. The lowest BCUT2D eigenvalue weighted by Crippen LogP contribution is -2.23. The van der Waals surface area contributed by atoms with Crippen LogP contribution in [0.4, 0.5) is 0 Å². The molecule has 8 nitrogen and oxygen atoms in total. The Morgan fingerprint density at radius 3 is 2.76 bits per heavy atom. The van der Waals surface area contributed by atoms with Crippen molar-refractivity contribution in [1.82, 2.24) is 24.5 Å². The van der Waals surface area contributed by atoms with Crippen LogP contribution in [0, 0.1) is 0 Å². The van der Waals surface area contributed by atoms with E-state index in [0.717, 1.165) is 0 Å². The van der Waals surface area contributed by atoms with Crippen molar-refractivity contribution < 1.29 is 13.2 Å². The number of nitrogens with zero attached hydrogens (tertiary/aromatic N) is 4. The fourth-order valence-electron chi connectivity index (χ4n) is 1.67. The molecule has 0 saturated carbocycles. The average molecular weight is 325 g/mol. The Balaban J connectivity index is 1.74. The van der Waals surface area contributed by atoms with Gasteiger partial charge in [-0.3, -0.25) is 0 Å². The van der Waals surface area contributed by atoms with Crippen LogP contribution in [0.3, 0.4) is 0 Å². The van der Waals surface area contributed by atoms with Gasteiger partial charge in [0.1, 0.15) is 17.1 Å². The smallest absolute Gasteiger partial charge is 0.240 e. The summed E-state index contributed by atoms with van der Waals surface area (Å²) >= 11 is 1.28. The molecule has 0 radical (unpaired) electrons. The van der Waals surface area contributed by atoms with Crippen molar-refractivity contribution in [1.29, 1.82) is 0 Å². The molecule has 0 spiro atoms. The summed E-state index contributed by atoms with van der Waals surface area (Å²) in [5.41, 5.74) is 0. The quantitative estimate of drug-likeness (QED) is 0.740. The maximum Gasteiger partial charge on any atom is 0.240 e. The molecule has 0 amide bonds. The number of nitrogens with one attached hydrogen (secondary N) is 1. The van der Waals surface area contributed by atoms with Crippen molar-refractivity contribution in [3.8, 4) is 5.75 Å². The maximum atomic E-state index is 12.1. The lowest BCUT2D eigenvalue weighted by molar-refractivity contribution is 0.414. The van der Waals surface area contributed by atoms with E-state index in [-0.39, 0.29) is 11.4 Å². The standard InChI is InChI=1S/C11H11N5O3S2/c1-19-8-2-4-9(5-3-8)21(17,18)13-6-10-15-16-7-12-14-11(16)20-10/h2-5,7,13H,6H2,1H3. The Kier molecular flexibility index (Phi) is 3.57. The SMILES string of the molecule is COc1ccc(S(=O)(=O)NCc2nn3cnnc3s2)cc1. The number of fused-ring (bicyclic) bond motifs is 1. The van der Waals surface area contributed by atoms with Crippen LogP contribution in [0.15, 0.2) is 35.5 Å². The van der Waals surface area contributed by atoms with E-state index in [2.05, 4.69) is 20.0 Å². The first-order chi connectivity index (χ1) is 10.1. The molecule has 0 saturated heterocycles. The molecule has 0 atom stereocenters. The van der Waals surface area contributed by atoms with Crippen molar-refractivity contribution in [3.63, 3.8) is 0 Å². The van der Waals surface area contributed by atoms with Crippen LogP contribution in [-0.4, -0.2) is 35.3 Å². The lowest BCUT2D eigenvalue weighted by atomic mass is 10.3. The zero-order valence-electron chi connectivity index (χ0n) is 10.9. The van der Waals surface area contributed by atoms with Crippen LogP contribution in [0.2, 0.25) is 0 Å². The van der Waals surface area contributed by atoms with E-state index < -0.39 is 10.0 Å². The van der Waals surface area contributed by atoms with Crippen molar-refractivity contribution in [2.45, 2.75) is 11.4 Å². The molecule has 0 aliphatic carbocycles. The number of hydrogen-bond donors (Lipinski definition) is 1. The summed E-state index contributed by atoms with van der Waals surface area (Å²) in [6.07, 6.45) is 1.47. The number of benzene rings is 1. The molecule has 2 heterocycles. The Morgan fingerprint density at radius 1 is 1.33 bits per heavy atom. The second-order valence-corrected chi connectivity index (χ2v) is 6.86. The third kappa shape index (κ3) is 2.86. The maximum absolute atomic E-state index is 12.1. The minimum absolute atomic E-state index is 0.0996. The summed E-state index contributed by atoms with van der Waals surface area (Å²) in [6.45, 7) is 0.0996. The second kappa shape index (κ2) is 5.39. The number of rotatable bonds is 5. The van der Waals surface area contributed by atoms with Crippen LogP contribution in [-0.2, 0) is 16.6 Å². The van der Waals surface area contributed by atoms with Crippen LogP contribution in [0.1, 0.15) is 5.01 Å². The molecule has 110 valence electrons. The summed E-state index contributed by atoms with van der Waals surface area (Å²) in [7, 11) is -2.06. The zero-order valence-corrected chi connectivity index (χ0v) is 12.6. The molecular formula is C11H11N5O3S2. The third-order valence-electron chi connectivity index (χ3n) is 2.71. The van der Waals surface area contributed by atoms with E-state index in [4.69, 9.17) is 4.74 Å². The van der Waals surface area contributed by atoms with Crippen LogP contribution in [0.25, 0.3) is 4.96 Å². The highest BCUT2D eigenvalue weighted by Gasteiger charge is 2.15. The topological polar surface area (TPSA) is 98.5 Å². The molecule has 1 aromatic carbocycles. The van der Waals surface area contributed by atoms with Gasteiger partial charge < -0.3 is 4.74 Å². The van der Waals surface area contributed by atoms with E-state index in [1.165, 1.54) is 41.4 Å². The molecule has 2 aromatic heterocycles. The van der Waals surface area contributed by atoms with E-state index in [0.29, 0.717) is 15.7 Å². The van der Waals surface area contributed by atoms with Gasteiger partial charge in [-0.1, -0.05) is 11.3 Å². The van der Waals surface area contributed by atoms with E-state index in [1.54, 1.807) is 12.1 Å². The van der Waals surface area contributed by atoms with Crippen molar-refractivity contribution in [3.05, 3.63) is 35.6 Å². The molecule has 0 aliphatic rings. The molecule has 0 aliphatic heterocycles. The van der Waals surface area contributed by atoms with Gasteiger partial charge in [0.05, 0.1) is 18.6 Å². The first kappa shape index (κ1) is 13.9. The summed E-state index contributed by atoms with van der Waals surface area (Å²) in [5, 5.41) is 12.3. The predicted molar refractivity (Wildman–Crippen MR) is 75.7 cm³/mol. The van der Waals surface area contributed by atoms with Gasteiger partial charge in [-0.25, -0.2) is 13.1 Å². The number of hydrogen-bond acceptors (Lipinski definition) is 7. The summed E-state index contributed by atoms with van der Waals surface area (Å²) in [4.78, 5) is 0.792. The van der Waals surface area contributed by atoms with Gasteiger partial charge in [-0.2, -0.15) is 9.61 Å². The molecule has 10 heteroatoms. The highest BCUT2D eigenvalue weighted by molar-refractivity contribution is 7.89. The van der Waals surface area contributed by atoms with Crippen molar-refractivity contribution in [2.75, 3.05) is 7.11 Å². The van der Waals surface area contributed by atoms with E-state index >= 15 is 0 Å². The molecule has 1 N–H and O–H groups in total. The normalized spacial score (nSPS) is 11.9. The van der Waals surface area contributed by atoms with Crippen LogP contribution in [0.5, 0.6) is 5.75 Å². The highest BCUT2D eigenvalue weighted by atomic mass is 32.2. The monoisotopic (exact) mass is 325 g/mol. The Hall–Kier alpha value is -2.04. The highest BCUT2D eigenvalue weighted by Crippen LogP contribution is 2.16. The predicted octanol–water partition coefficient (Wildman–Crippen LogP) is 0.673. The second-order valence-electron chi connectivity index (χ2n) is 4.05. The van der Waals surface area contributed by atoms with E-state index in [9.17, 15) is 8.42 Å². The number of aromatic nitrogens is 4.